The fourth-order valence-electron chi connectivity index (χ4n) is 1.54. The van der Waals surface area contributed by atoms with Crippen molar-refractivity contribution >= 4 is 14.2 Å². The van der Waals surface area contributed by atoms with Gasteiger partial charge in [-0.1, -0.05) is 50.6 Å². The number of nitrogens with one attached hydrogen (secondary N) is 1. The van der Waals surface area contributed by atoms with E-state index in [9.17, 15) is 4.79 Å². The van der Waals surface area contributed by atoms with Gasteiger partial charge in [0.15, 0.2) is 14.4 Å². The molecule has 0 radical (unpaired) electrons. The maximum absolute atomic E-state index is 11.9. The molecule has 5 heteroatoms. The Kier molecular flexibility index (Phi) is 5.13. The Morgan fingerprint density at radius 2 is 1.75 bits per heavy atom. The van der Waals surface area contributed by atoms with Crippen molar-refractivity contribution in [3.63, 3.8) is 0 Å². The summed E-state index contributed by atoms with van der Waals surface area (Å²) in [6, 6.07) is 7.59. The Hall–Kier alpha value is -1.17. The van der Waals surface area contributed by atoms with Crippen molar-refractivity contribution in [3.8, 4) is 0 Å². The van der Waals surface area contributed by atoms with Crippen LogP contribution in [0.3, 0.4) is 0 Å². The van der Waals surface area contributed by atoms with Gasteiger partial charge in [-0.05, 0) is 30.6 Å². The first-order valence-corrected chi connectivity index (χ1v) is 9.67. The van der Waals surface area contributed by atoms with Crippen LogP contribution >= 0.6 is 0 Å². The summed E-state index contributed by atoms with van der Waals surface area (Å²) in [5.41, 5.74) is 3.58. The molecule has 0 fully saturated rings. The van der Waals surface area contributed by atoms with E-state index in [0.29, 0.717) is 0 Å². The van der Waals surface area contributed by atoms with E-state index in [1.807, 2.05) is 31.2 Å². The minimum absolute atomic E-state index is 0.00825. The van der Waals surface area contributed by atoms with Crippen molar-refractivity contribution in [1.29, 1.82) is 0 Å². The maximum atomic E-state index is 11.9. The number of rotatable bonds is 4. The normalized spacial score (nSPS) is 13.9. The molecule has 20 heavy (non-hydrogen) atoms. The highest BCUT2D eigenvalue weighted by atomic mass is 28.4. The first kappa shape index (κ1) is 16.9. The van der Waals surface area contributed by atoms with Gasteiger partial charge < -0.3 is 4.43 Å². The third-order valence-electron chi connectivity index (χ3n) is 3.95. The van der Waals surface area contributed by atoms with E-state index in [2.05, 4.69) is 33.9 Å². The number of benzene rings is 1. The highest BCUT2D eigenvalue weighted by molar-refractivity contribution is 6.74. The molecule has 0 heterocycles. The number of carbonyl (C=O) groups is 1. The van der Waals surface area contributed by atoms with Crippen LogP contribution in [-0.4, -0.2) is 19.4 Å². The molecule has 4 nitrogen and oxygen atoms in total. The zero-order chi connectivity index (χ0) is 15.6. The molecule has 112 valence electrons. The number of hydroxylamine groups is 1. The van der Waals surface area contributed by atoms with Crippen molar-refractivity contribution in [1.82, 2.24) is 5.48 Å². The van der Waals surface area contributed by atoms with Crippen LogP contribution in [0.1, 0.15) is 38.0 Å². The molecule has 0 saturated carbocycles. The summed E-state index contributed by atoms with van der Waals surface area (Å²) in [6.07, 6.45) is -0.776. The quantitative estimate of drug-likeness (QED) is 0.507. The number of hydrogen-bond donors (Lipinski definition) is 2. The number of aryl methyl sites for hydroxylation is 1. The molecule has 1 rings (SSSR count). The van der Waals surface area contributed by atoms with E-state index in [4.69, 9.17) is 9.63 Å². The van der Waals surface area contributed by atoms with Gasteiger partial charge in [0.25, 0.3) is 5.91 Å². The monoisotopic (exact) mass is 295 g/mol. The molecule has 1 aromatic rings. The first-order chi connectivity index (χ1) is 9.08. The molecule has 1 amide bonds. The van der Waals surface area contributed by atoms with Crippen LogP contribution in [0.5, 0.6) is 0 Å². The lowest BCUT2D eigenvalue weighted by atomic mass is 10.1. The van der Waals surface area contributed by atoms with Crippen molar-refractivity contribution in [2.24, 2.45) is 0 Å². The van der Waals surface area contributed by atoms with Gasteiger partial charge in [-0.2, -0.15) is 0 Å². The largest absolute Gasteiger partial charge is 0.401 e. The Bertz CT molecular complexity index is 463. The predicted molar refractivity (Wildman–Crippen MR) is 82.1 cm³/mol. The van der Waals surface area contributed by atoms with Gasteiger partial charge in [-0.15, -0.1) is 0 Å². The lowest BCUT2D eigenvalue weighted by molar-refractivity contribution is -0.137. The summed E-state index contributed by atoms with van der Waals surface area (Å²) in [5.74, 6) is -0.529. The average molecular weight is 295 g/mol. The topological polar surface area (TPSA) is 58.6 Å². The second kappa shape index (κ2) is 6.07. The van der Waals surface area contributed by atoms with Crippen LogP contribution in [-0.2, 0) is 9.22 Å². The lowest BCUT2D eigenvalue weighted by Gasteiger charge is -2.38. The van der Waals surface area contributed by atoms with Gasteiger partial charge >= 0.3 is 0 Å². The van der Waals surface area contributed by atoms with E-state index < -0.39 is 20.3 Å². The summed E-state index contributed by atoms with van der Waals surface area (Å²) < 4.78 is 6.15. The van der Waals surface area contributed by atoms with Crippen molar-refractivity contribution in [2.45, 2.75) is 51.9 Å². The second-order valence-corrected chi connectivity index (χ2v) is 11.4. The van der Waals surface area contributed by atoms with E-state index in [1.54, 1.807) is 5.48 Å². The summed E-state index contributed by atoms with van der Waals surface area (Å²) in [6.45, 7) is 12.5. The van der Waals surface area contributed by atoms with Gasteiger partial charge in [0.2, 0.25) is 0 Å². The molecule has 0 aliphatic carbocycles. The van der Waals surface area contributed by atoms with Gasteiger partial charge in [-0.25, -0.2) is 5.48 Å². The van der Waals surface area contributed by atoms with Crippen molar-refractivity contribution in [3.05, 3.63) is 35.4 Å². The predicted octanol–water partition coefficient (Wildman–Crippen LogP) is 3.56. The minimum Gasteiger partial charge on any atom is -0.401 e. The molecule has 1 aromatic carbocycles. The first-order valence-electron chi connectivity index (χ1n) is 6.77. The third-order valence-corrected chi connectivity index (χ3v) is 8.38. The van der Waals surface area contributed by atoms with E-state index in [0.717, 1.165) is 11.1 Å². The van der Waals surface area contributed by atoms with Crippen LogP contribution in [0.15, 0.2) is 24.3 Å². The molecule has 0 spiro atoms. The Morgan fingerprint density at radius 3 is 2.15 bits per heavy atom. The molecule has 0 aliphatic rings. The van der Waals surface area contributed by atoms with Crippen LogP contribution in [0, 0.1) is 6.92 Å². The highest BCUT2D eigenvalue weighted by Crippen LogP contribution is 2.39. The van der Waals surface area contributed by atoms with Crippen LogP contribution in [0.25, 0.3) is 0 Å². The van der Waals surface area contributed by atoms with E-state index in [-0.39, 0.29) is 5.04 Å². The lowest BCUT2D eigenvalue weighted by Crippen LogP contribution is -2.44. The maximum Gasteiger partial charge on any atom is 0.275 e. The summed E-state index contributed by atoms with van der Waals surface area (Å²) in [7, 11) is -2.12. The Labute approximate surface area is 122 Å². The second-order valence-electron chi connectivity index (χ2n) is 6.64. The SMILES string of the molecule is Cc1ccc(C(O[Si](C)(C)C(C)(C)C)C(=O)NO)cc1. The molecular weight excluding hydrogens is 270 g/mol. The number of carbonyl (C=O) groups excluding carboxylic acids is 1. The average Bonchev–Trinajstić information content (AvgIpc) is 2.35. The molecule has 0 aliphatic heterocycles. The zero-order valence-corrected chi connectivity index (χ0v) is 14.2. The fourth-order valence-corrected chi connectivity index (χ4v) is 2.73. The van der Waals surface area contributed by atoms with Gasteiger partial charge in [0, 0.05) is 0 Å². The number of hydrogen-bond acceptors (Lipinski definition) is 3. The zero-order valence-electron chi connectivity index (χ0n) is 13.2. The van der Waals surface area contributed by atoms with Crippen molar-refractivity contribution < 1.29 is 14.4 Å². The van der Waals surface area contributed by atoms with Crippen LogP contribution < -0.4 is 5.48 Å². The van der Waals surface area contributed by atoms with Gasteiger partial charge in [0.1, 0.15) is 0 Å². The summed E-state index contributed by atoms with van der Waals surface area (Å²) in [5, 5.41) is 8.95. The van der Waals surface area contributed by atoms with Crippen molar-refractivity contribution in [2.75, 3.05) is 0 Å². The minimum atomic E-state index is -2.12. The highest BCUT2D eigenvalue weighted by Gasteiger charge is 2.41. The Morgan fingerprint density at radius 1 is 1.25 bits per heavy atom. The van der Waals surface area contributed by atoms with Crippen LogP contribution in [0.4, 0.5) is 0 Å². The summed E-state index contributed by atoms with van der Waals surface area (Å²) >= 11 is 0. The molecule has 1 atom stereocenters. The third kappa shape index (κ3) is 3.91. The fraction of sp³-hybridized carbons (Fsp3) is 0.533. The molecular formula is C15H25NO3Si. The van der Waals surface area contributed by atoms with E-state index >= 15 is 0 Å². The molecule has 0 aromatic heterocycles. The number of amides is 1. The van der Waals surface area contributed by atoms with Gasteiger partial charge in [0.05, 0.1) is 0 Å². The van der Waals surface area contributed by atoms with E-state index in [1.165, 1.54) is 0 Å². The Balaban J connectivity index is 3.09. The molecule has 0 bridgehead atoms. The smallest absolute Gasteiger partial charge is 0.275 e. The summed E-state index contributed by atoms with van der Waals surface area (Å²) in [4.78, 5) is 11.9. The molecule has 2 N–H and O–H groups in total. The van der Waals surface area contributed by atoms with Gasteiger partial charge in [-0.3, -0.25) is 10.0 Å². The molecule has 0 saturated heterocycles. The van der Waals surface area contributed by atoms with Crippen LogP contribution in [0.2, 0.25) is 18.1 Å². The molecule has 1 unspecified atom stereocenters. The standard InChI is InChI=1S/C15H25NO3Si/c1-11-7-9-12(10-8-11)13(14(17)16-18)19-20(5,6)15(2,3)4/h7-10,13,18H,1-6H3,(H,16,17).